The van der Waals surface area contributed by atoms with E-state index in [1.807, 2.05) is 91.5 Å². The number of carbonyl (C=O) groups is 2. The number of aromatic nitrogens is 2. The van der Waals surface area contributed by atoms with Gasteiger partial charge in [-0.1, -0.05) is 48.5 Å². The van der Waals surface area contributed by atoms with Crippen LogP contribution in [0.15, 0.2) is 79.1 Å². The van der Waals surface area contributed by atoms with Crippen LogP contribution in [0.2, 0.25) is 0 Å². The zero-order valence-corrected chi connectivity index (χ0v) is 19.4. The maximum Gasteiger partial charge on any atom is 0.267 e. The molecule has 4 rings (SSSR count). The first-order chi connectivity index (χ1) is 16.0. The average molecular weight is 443 g/mol. The Hall–Kier alpha value is -3.80. The minimum atomic E-state index is -0.107. The van der Waals surface area contributed by atoms with Gasteiger partial charge in [0.25, 0.3) is 11.8 Å². The number of hydrogen-bond donors (Lipinski definition) is 1. The molecule has 0 spiro atoms. The lowest BCUT2D eigenvalue weighted by molar-refractivity contribution is 0.0724. The van der Waals surface area contributed by atoms with Crippen molar-refractivity contribution in [3.8, 4) is 0 Å². The Morgan fingerprint density at radius 1 is 0.939 bits per heavy atom. The molecule has 2 amide bonds. The molecular formula is C27H30N4O2. The fourth-order valence-corrected chi connectivity index (χ4v) is 4.33. The summed E-state index contributed by atoms with van der Waals surface area (Å²) in [6, 6.07) is 21.7. The second-order valence-electron chi connectivity index (χ2n) is 8.48. The first kappa shape index (κ1) is 22.4. The number of hydrogen-bond acceptors (Lipinski definition) is 2. The highest BCUT2D eigenvalue weighted by Gasteiger charge is 2.24. The molecule has 0 aliphatic rings. The maximum absolute atomic E-state index is 13.6. The summed E-state index contributed by atoms with van der Waals surface area (Å²) in [5, 5.41) is 3.96. The number of nitrogens with zero attached hydrogens (tertiary/aromatic N) is 3. The summed E-state index contributed by atoms with van der Waals surface area (Å²) in [6.45, 7) is 0.481. The lowest BCUT2D eigenvalue weighted by Crippen LogP contribution is -2.41. The quantitative estimate of drug-likeness (QED) is 0.448. The number of nitrogens with one attached hydrogen (secondary N) is 1. The smallest absolute Gasteiger partial charge is 0.267 e. The van der Waals surface area contributed by atoms with Crippen LogP contribution in [0, 0.1) is 0 Å². The zero-order valence-electron chi connectivity index (χ0n) is 19.4. The Morgan fingerprint density at radius 2 is 1.67 bits per heavy atom. The molecule has 33 heavy (non-hydrogen) atoms. The van der Waals surface area contributed by atoms with E-state index in [2.05, 4.69) is 17.4 Å². The van der Waals surface area contributed by atoms with Gasteiger partial charge in [0.2, 0.25) is 0 Å². The van der Waals surface area contributed by atoms with Crippen molar-refractivity contribution in [2.75, 3.05) is 13.6 Å². The van der Waals surface area contributed by atoms with E-state index < -0.39 is 0 Å². The summed E-state index contributed by atoms with van der Waals surface area (Å²) in [5.74, 6) is -0.120. The van der Waals surface area contributed by atoms with Crippen LogP contribution in [0.1, 0.15) is 32.8 Å². The minimum Gasteiger partial charge on any atom is -0.351 e. The van der Waals surface area contributed by atoms with E-state index in [0.717, 1.165) is 16.5 Å². The molecule has 0 saturated carbocycles. The highest BCUT2D eigenvalue weighted by Crippen LogP contribution is 2.23. The van der Waals surface area contributed by atoms with Crippen LogP contribution in [0.25, 0.3) is 10.9 Å². The predicted molar refractivity (Wildman–Crippen MR) is 131 cm³/mol. The molecule has 0 fully saturated rings. The zero-order chi connectivity index (χ0) is 23.4. The highest BCUT2D eigenvalue weighted by atomic mass is 16.2. The van der Waals surface area contributed by atoms with Crippen molar-refractivity contribution < 1.29 is 9.59 Å². The molecule has 0 unspecified atom stereocenters. The Labute approximate surface area is 194 Å². The second kappa shape index (κ2) is 9.77. The molecule has 0 radical (unpaired) electrons. The summed E-state index contributed by atoms with van der Waals surface area (Å²) in [5.41, 5.74) is 3.51. The first-order valence-electron chi connectivity index (χ1n) is 11.2. The van der Waals surface area contributed by atoms with Gasteiger partial charge in [0.1, 0.15) is 5.69 Å². The number of rotatable bonds is 8. The van der Waals surface area contributed by atoms with Crippen molar-refractivity contribution in [3.63, 3.8) is 0 Å². The summed E-state index contributed by atoms with van der Waals surface area (Å²) in [4.78, 5) is 27.9. The lowest BCUT2D eigenvalue weighted by Gasteiger charge is -2.28. The van der Waals surface area contributed by atoms with Crippen LogP contribution in [0.4, 0.5) is 0 Å². The number of fused-ring (bicyclic) bond motifs is 1. The van der Waals surface area contributed by atoms with Crippen molar-refractivity contribution in [2.24, 2.45) is 14.1 Å². The van der Waals surface area contributed by atoms with Crippen molar-refractivity contribution >= 4 is 22.7 Å². The Morgan fingerprint density at radius 3 is 2.39 bits per heavy atom. The van der Waals surface area contributed by atoms with E-state index in [9.17, 15) is 9.59 Å². The van der Waals surface area contributed by atoms with E-state index in [-0.39, 0.29) is 17.9 Å². The standard InChI is InChI=1S/C27H30N4O2/c1-29-17-9-14-25(29)26(32)28-16-15-21(18-20-10-5-4-6-11-20)31(3)27(33)23-19-30(2)24-13-8-7-12-22(23)24/h4-14,17,19,21H,15-16,18H2,1-3H3,(H,28,32)/t21-/m1/s1. The van der Waals surface area contributed by atoms with Gasteiger partial charge < -0.3 is 19.4 Å². The van der Waals surface area contributed by atoms with Gasteiger partial charge in [0.15, 0.2) is 0 Å². The van der Waals surface area contributed by atoms with E-state index >= 15 is 0 Å². The number of para-hydroxylation sites is 1. The summed E-state index contributed by atoms with van der Waals surface area (Å²) >= 11 is 0. The minimum absolute atomic E-state index is 0.0125. The Kier molecular flexibility index (Phi) is 6.63. The van der Waals surface area contributed by atoms with Crippen LogP contribution < -0.4 is 5.32 Å². The monoisotopic (exact) mass is 442 g/mol. The van der Waals surface area contributed by atoms with Crippen LogP contribution in [-0.2, 0) is 20.5 Å². The third-order valence-corrected chi connectivity index (χ3v) is 6.25. The molecule has 0 saturated heterocycles. The Balaban J connectivity index is 1.52. The molecule has 6 nitrogen and oxygen atoms in total. The fourth-order valence-electron chi connectivity index (χ4n) is 4.33. The first-order valence-corrected chi connectivity index (χ1v) is 11.2. The third kappa shape index (κ3) is 4.85. The molecule has 1 N–H and O–H groups in total. The normalized spacial score (nSPS) is 12.0. The van der Waals surface area contributed by atoms with Gasteiger partial charge in [-0.05, 0) is 36.6 Å². The SMILES string of the molecule is CN(C(=O)c1cn(C)c2ccccc12)[C@H](CCNC(=O)c1cccn1C)Cc1ccccc1. The maximum atomic E-state index is 13.6. The second-order valence-corrected chi connectivity index (χ2v) is 8.48. The molecule has 2 aromatic carbocycles. The molecule has 0 aliphatic carbocycles. The van der Waals surface area contributed by atoms with E-state index in [1.54, 1.807) is 10.6 Å². The Bertz CT molecular complexity index is 1260. The van der Waals surface area contributed by atoms with Gasteiger partial charge in [0, 0.05) is 57.0 Å². The number of likely N-dealkylation sites (N-methyl/N-ethyl adjacent to an activating group) is 1. The van der Waals surface area contributed by atoms with E-state index in [1.165, 1.54) is 0 Å². The molecule has 2 aromatic heterocycles. The molecule has 0 bridgehead atoms. The average Bonchev–Trinajstić information content (AvgIpc) is 3.41. The molecule has 170 valence electrons. The van der Waals surface area contributed by atoms with Crippen LogP contribution in [-0.4, -0.2) is 45.5 Å². The van der Waals surface area contributed by atoms with E-state index in [0.29, 0.717) is 30.6 Å². The number of carbonyl (C=O) groups excluding carboxylic acids is 2. The number of aryl methyl sites for hydroxylation is 2. The van der Waals surface area contributed by atoms with Gasteiger partial charge >= 0.3 is 0 Å². The largest absolute Gasteiger partial charge is 0.351 e. The van der Waals surface area contributed by atoms with Crippen molar-refractivity contribution in [3.05, 3.63) is 95.9 Å². The van der Waals surface area contributed by atoms with Gasteiger partial charge in [-0.3, -0.25) is 9.59 Å². The summed E-state index contributed by atoms with van der Waals surface area (Å²) in [7, 11) is 5.67. The molecular weight excluding hydrogens is 412 g/mol. The number of benzene rings is 2. The van der Waals surface area contributed by atoms with Gasteiger partial charge in [0.05, 0.1) is 5.56 Å². The molecule has 0 aliphatic heterocycles. The van der Waals surface area contributed by atoms with Crippen LogP contribution >= 0.6 is 0 Å². The molecule has 1 atom stereocenters. The van der Waals surface area contributed by atoms with Crippen LogP contribution in [0.5, 0.6) is 0 Å². The van der Waals surface area contributed by atoms with Crippen LogP contribution in [0.3, 0.4) is 0 Å². The topological polar surface area (TPSA) is 59.3 Å². The fraction of sp³-hybridized carbons (Fsp3) is 0.259. The molecule has 6 heteroatoms. The molecule has 4 aromatic rings. The van der Waals surface area contributed by atoms with E-state index in [4.69, 9.17) is 0 Å². The summed E-state index contributed by atoms with van der Waals surface area (Å²) < 4.78 is 3.79. The third-order valence-electron chi connectivity index (χ3n) is 6.25. The number of amides is 2. The molecule has 2 heterocycles. The van der Waals surface area contributed by atoms with Gasteiger partial charge in [-0.25, -0.2) is 0 Å². The highest BCUT2D eigenvalue weighted by molar-refractivity contribution is 6.07. The van der Waals surface area contributed by atoms with Gasteiger partial charge in [-0.2, -0.15) is 0 Å². The summed E-state index contributed by atoms with van der Waals surface area (Å²) in [6.07, 6.45) is 5.12. The van der Waals surface area contributed by atoms with Crippen molar-refractivity contribution in [1.82, 2.24) is 19.4 Å². The van der Waals surface area contributed by atoms with Crippen molar-refractivity contribution in [1.29, 1.82) is 0 Å². The van der Waals surface area contributed by atoms with Crippen molar-refractivity contribution in [2.45, 2.75) is 18.9 Å². The van der Waals surface area contributed by atoms with Gasteiger partial charge in [-0.15, -0.1) is 0 Å². The lowest BCUT2D eigenvalue weighted by atomic mass is 10.0. The predicted octanol–water partition coefficient (Wildman–Crippen LogP) is 4.02.